The van der Waals surface area contributed by atoms with E-state index < -0.39 is 11.8 Å². The van der Waals surface area contributed by atoms with Crippen molar-refractivity contribution in [3.05, 3.63) is 54.1 Å². The average Bonchev–Trinajstić information content (AvgIpc) is 2.55. The number of benzene rings is 2. The Morgan fingerprint density at radius 2 is 1.87 bits per heavy atom. The summed E-state index contributed by atoms with van der Waals surface area (Å²) in [4.78, 5) is 23.5. The van der Waals surface area contributed by atoms with Gasteiger partial charge in [0.05, 0.1) is 7.11 Å². The zero-order chi connectivity index (χ0) is 16.7. The molecule has 6 heteroatoms. The summed E-state index contributed by atoms with van der Waals surface area (Å²) < 4.78 is 5.22. The summed E-state index contributed by atoms with van der Waals surface area (Å²) in [6, 6.07) is 13.5. The third-order valence-electron chi connectivity index (χ3n) is 3.18. The van der Waals surface area contributed by atoms with Crippen molar-refractivity contribution in [3.8, 4) is 11.5 Å². The molecular formula is C17H18N2O4. The SMILES string of the molecule is COc1ccccc1CCNC(=O)C(=O)Nc1cccc(O)c1. The number of rotatable bonds is 5. The van der Waals surface area contributed by atoms with Crippen LogP contribution in [0, 0.1) is 0 Å². The number of ether oxygens (including phenoxy) is 1. The van der Waals surface area contributed by atoms with Crippen LogP contribution < -0.4 is 15.4 Å². The van der Waals surface area contributed by atoms with E-state index in [-0.39, 0.29) is 5.75 Å². The highest BCUT2D eigenvalue weighted by atomic mass is 16.5. The lowest BCUT2D eigenvalue weighted by Crippen LogP contribution is -2.36. The molecule has 0 spiro atoms. The van der Waals surface area contributed by atoms with Crippen LogP contribution in [0.15, 0.2) is 48.5 Å². The van der Waals surface area contributed by atoms with Crippen molar-refractivity contribution in [1.29, 1.82) is 0 Å². The Morgan fingerprint density at radius 1 is 1.09 bits per heavy atom. The molecular weight excluding hydrogens is 296 g/mol. The molecule has 0 bridgehead atoms. The fourth-order valence-electron chi connectivity index (χ4n) is 2.07. The first-order chi connectivity index (χ1) is 11.1. The van der Waals surface area contributed by atoms with Gasteiger partial charge in [-0.2, -0.15) is 0 Å². The summed E-state index contributed by atoms with van der Waals surface area (Å²) in [5.74, 6) is -0.760. The van der Waals surface area contributed by atoms with Gasteiger partial charge in [0.25, 0.3) is 0 Å². The van der Waals surface area contributed by atoms with Crippen LogP contribution in [0.2, 0.25) is 0 Å². The number of nitrogens with one attached hydrogen (secondary N) is 2. The number of phenolic OH excluding ortho intramolecular Hbond substituents is 1. The van der Waals surface area contributed by atoms with Gasteiger partial charge < -0.3 is 20.5 Å². The van der Waals surface area contributed by atoms with E-state index in [0.29, 0.717) is 18.7 Å². The lowest BCUT2D eigenvalue weighted by molar-refractivity contribution is -0.136. The number of aromatic hydroxyl groups is 1. The second kappa shape index (κ2) is 7.84. The van der Waals surface area contributed by atoms with Crippen molar-refractivity contribution in [3.63, 3.8) is 0 Å². The Bertz CT molecular complexity index is 700. The molecule has 3 N–H and O–H groups in total. The molecule has 2 aromatic carbocycles. The van der Waals surface area contributed by atoms with Gasteiger partial charge in [-0.3, -0.25) is 9.59 Å². The second-order valence-corrected chi connectivity index (χ2v) is 4.82. The van der Waals surface area contributed by atoms with Gasteiger partial charge in [-0.1, -0.05) is 24.3 Å². The summed E-state index contributed by atoms with van der Waals surface area (Å²) in [7, 11) is 1.58. The summed E-state index contributed by atoms with van der Waals surface area (Å²) in [6.45, 7) is 0.312. The number of hydrogen-bond donors (Lipinski definition) is 3. The number of anilines is 1. The maximum Gasteiger partial charge on any atom is 0.313 e. The molecule has 0 saturated heterocycles. The number of phenols is 1. The molecule has 120 valence electrons. The first-order valence-electron chi connectivity index (χ1n) is 7.10. The number of amides is 2. The molecule has 0 aliphatic heterocycles. The van der Waals surface area contributed by atoms with E-state index in [2.05, 4.69) is 10.6 Å². The fourth-order valence-corrected chi connectivity index (χ4v) is 2.07. The van der Waals surface area contributed by atoms with Gasteiger partial charge >= 0.3 is 11.8 Å². The Morgan fingerprint density at radius 3 is 2.61 bits per heavy atom. The Balaban J connectivity index is 1.83. The minimum atomic E-state index is -0.782. The molecule has 0 atom stereocenters. The number of carbonyl (C=O) groups is 2. The van der Waals surface area contributed by atoms with Gasteiger partial charge in [0.1, 0.15) is 11.5 Å². The summed E-state index contributed by atoms with van der Waals surface area (Å²) >= 11 is 0. The third-order valence-corrected chi connectivity index (χ3v) is 3.18. The van der Waals surface area contributed by atoms with Crippen LogP contribution in [0.5, 0.6) is 11.5 Å². The number of methoxy groups -OCH3 is 1. The molecule has 2 aromatic rings. The predicted octanol–water partition coefficient (Wildman–Crippen LogP) is 1.70. The molecule has 0 aliphatic carbocycles. The van der Waals surface area contributed by atoms with E-state index >= 15 is 0 Å². The average molecular weight is 314 g/mol. The van der Waals surface area contributed by atoms with E-state index in [1.807, 2.05) is 24.3 Å². The summed E-state index contributed by atoms with van der Waals surface area (Å²) in [5.41, 5.74) is 1.30. The van der Waals surface area contributed by atoms with Gasteiger partial charge in [-0.05, 0) is 30.2 Å². The molecule has 0 aromatic heterocycles. The van der Waals surface area contributed by atoms with Crippen LogP contribution in [-0.2, 0) is 16.0 Å². The van der Waals surface area contributed by atoms with E-state index in [4.69, 9.17) is 4.74 Å². The zero-order valence-corrected chi connectivity index (χ0v) is 12.7. The van der Waals surface area contributed by atoms with Crippen molar-refractivity contribution in [2.75, 3.05) is 19.0 Å². The van der Waals surface area contributed by atoms with Crippen LogP contribution in [0.1, 0.15) is 5.56 Å². The Labute approximate surface area is 134 Å². The van der Waals surface area contributed by atoms with Crippen molar-refractivity contribution < 1.29 is 19.4 Å². The molecule has 0 fully saturated rings. The Hall–Kier alpha value is -3.02. The van der Waals surface area contributed by atoms with E-state index in [9.17, 15) is 14.7 Å². The normalized spacial score (nSPS) is 9.96. The quantitative estimate of drug-likeness (QED) is 0.733. The van der Waals surface area contributed by atoms with Crippen molar-refractivity contribution >= 4 is 17.5 Å². The van der Waals surface area contributed by atoms with Crippen molar-refractivity contribution in [2.45, 2.75) is 6.42 Å². The summed E-state index contributed by atoms with van der Waals surface area (Å²) in [5, 5.41) is 14.3. The zero-order valence-electron chi connectivity index (χ0n) is 12.7. The Kier molecular flexibility index (Phi) is 5.57. The number of para-hydroxylation sites is 1. The maximum absolute atomic E-state index is 11.8. The number of hydrogen-bond acceptors (Lipinski definition) is 4. The lowest BCUT2D eigenvalue weighted by Gasteiger charge is -2.09. The highest BCUT2D eigenvalue weighted by Gasteiger charge is 2.13. The molecule has 0 heterocycles. The van der Waals surface area contributed by atoms with Gasteiger partial charge in [0.15, 0.2) is 0 Å². The first kappa shape index (κ1) is 16.4. The molecule has 23 heavy (non-hydrogen) atoms. The fraction of sp³-hybridized carbons (Fsp3) is 0.176. The maximum atomic E-state index is 11.8. The van der Waals surface area contributed by atoms with Crippen LogP contribution in [0.3, 0.4) is 0 Å². The predicted molar refractivity (Wildman–Crippen MR) is 86.4 cm³/mol. The third kappa shape index (κ3) is 4.74. The van der Waals surface area contributed by atoms with Crippen LogP contribution in [0.25, 0.3) is 0 Å². The van der Waals surface area contributed by atoms with Gasteiger partial charge in [0.2, 0.25) is 0 Å². The van der Waals surface area contributed by atoms with Crippen LogP contribution in [0.4, 0.5) is 5.69 Å². The largest absolute Gasteiger partial charge is 0.508 e. The molecule has 6 nitrogen and oxygen atoms in total. The standard InChI is InChI=1S/C17H18N2O4/c1-23-15-8-3-2-5-12(15)9-10-18-16(21)17(22)19-13-6-4-7-14(20)11-13/h2-8,11,20H,9-10H2,1H3,(H,18,21)(H,19,22). The van der Waals surface area contributed by atoms with Crippen LogP contribution >= 0.6 is 0 Å². The smallest absolute Gasteiger partial charge is 0.313 e. The van der Waals surface area contributed by atoms with Crippen LogP contribution in [-0.4, -0.2) is 30.6 Å². The van der Waals surface area contributed by atoms with E-state index in [0.717, 1.165) is 11.3 Å². The molecule has 2 rings (SSSR count). The molecule has 0 saturated carbocycles. The molecule has 0 unspecified atom stereocenters. The first-order valence-corrected chi connectivity index (χ1v) is 7.10. The topological polar surface area (TPSA) is 87.7 Å². The van der Waals surface area contributed by atoms with E-state index in [1.165, 1.54) is 12.1 Å². The highest BCUT2D eigenvalue weighted by molar-refractivity contribution is 6.39. The second-order valence-electron chi connectivity index (χ2n) is 4.82. The minimum absolute atomic E-state index is 0.0133. The van der Waals surface area contributed by atoms with Gasteiger partial charge in [-0.15, -0.1) is 0 Å². The minimum Gasteiger partial charge on any atom is -0.508 e. The monoisotopic (exact) mass is 314 g/mol. The molecule has 0 aliphatic rings. The number of carbonyl (C=O) groups excluding carboxylic acids is 2. The van der Waals surface area contributed by atoms with Gasteiger partial charge in [0, 0.05) is 18.3 Å². The summed E-state index contributed by atoms with van der Waals surface area (Å²) in [6.07, 6.45) is 0.551. The highest BCUT2D eigenvalue weighted by Crippen LogP contribution is 2.17. The van der Waals surface area contributed by atoms with Crippen molar-refractivity contribution in [1.82, 2.24) is 5.32 Å². The van der Waals surface area contributed by atoms with Gasteiger partial charge in [-0.25, -0.2) is 0 Å². The van der Waals surface area contributed by atoms with Crippen molar-refractivity contribution in [2.24, 2.45) is 0 Å². The lowest BCUT2D eigenvalue weighted by atomic mass is 10.1. The van der Waals surface area contributed by atoms with E-state index in [1.54, 1.807) is 19.2 Å². The molecule has 0 radical (unpaired) electrons. The molecule has 2 amide bonds.